The van der Waals surface area contributed by atoms with Crippen molar-refractivity contribution in [1.29, 1.82) is 0 Å². The molecular formula is C15H26N4O2. The van der Waals surface area contributed by atoms with Crippen molar-refractivity contribution in [2.45, 2.75) is 57.1 Å². The van der Waals surface area contributed by atoms with Crippen LogP contribution in [0.4, 0.5) is 4.79 Å². The van der Waals surface area contributed by atoms with Crippen LogP contribution in [-0.2, 0) is 7.05 Å². The van der Waals surface area contributed by atoms with E-state index >= 15 is 0 Å². The molecule has 0 radical (unpaired) electrons. The van der Waals surface area contributed by atoms with Gasteiger partial charge in [0.2, 0.25) is 0 Å². The predicted molar refractivity (Wildman–Crippen MR) is 80.8 cm³/mol. The zero-order chi connectivity index (χ0) is 15.3. The first-order valence-electron chi connectivity index (χ1n) is 7.74. The maximum absolute atomic E-state index is 11.9. The Balaban J connectivity index is 1.78. The van der Waals surface area contributed by atoms with Gasteiger partial charge in [0.1, 0.15) is 0 Å². The number of carbonyl (C=O) groups is 1. The van der Waals surface area contributed by atoms with Crippen LogP contribution in [0.2, 0.25) is 0 Å². The molecular weight excluding hydrogens is 268 g/mol. The van der Waals surface area contributed by atoms with Gasteiger partial charge in [-0.15, -0.1) is 0 Å². The molecule has 6 nitrogen and oxygen atoms in total. The summed E-state index contributed by atoms with van der Waals surface area (Å²) in [5.41, 5.74) is 0.214. The van der Waals surface area contributed by atoms with Crippen molar-refractivity contribution in [2.24, 2.45) is 7.05 Å². The monoisotopic (exact) mass is 294 g/mol. The van der Waals surface area contributed by atoms with Crippen LogP contribution in [0.25, 0.3) is 0 Å². The van der Waals surface area contributed by atoms with Crippen molar-refractivity contribution in [2.75, 3.05) is 6.54 Å². The molecule has 21 heavy (non-hydrogen) atoms. The maximum Gasteiger partial charge on any atom is 0.315 e. The molecule has 1 atom stereocenters. The van der Waals surface area contributed by atoms with E-state index in [4.69, 9.17) is 0 Å². The second-order valence-corrected chi connectivity index (χ2v) is 6.13. The first kappa shape index (κ1) is 15.8. The number of rotatable bonds is 4. The first-order valence-corrected chi connectivity index (χ1v) is 7.74. The molecule has 1 aliphatic carbocycles. The van der Waals surface area contributed by atoms with Gasteiger partial charge in [0.05, 0.1) is 17.8 Å². The van der Waals surface area contributed by atoms with Gasteiger partial charge in [-0.3, -0.25) is 4.68 Å². The second kappa shape index (κ2) is 6.93. The lowest BCUT2D eigenvalue weighted by Crippen LogP contribution is -2.46. The first-order chi connectivity index (χ1) is 9.98. The lowest BCUT2D eigenvalue weighted by Gasteiger charge is -2.27. The highest BCUT2D eigenvalue weighted by molar-refractivity contribution is 5.74. The summed E-state index contributed by atoms with van der Waals surface area (Å²) in [6.07, 6.45) is 9.57. The normalized spacial score (nSPS) is 19.6. The topological polar surface area (TPSA) is 79.2 Å². The SMILES string of the molecule is CC(NC(=O)NCC1(O)CCCCCC1)c1cnn(C)c1. The number of aliphatic hydroxyl groups is 1. The van der Waals surface area contributed by atoms with E-state index in [2.05, 4.69) is 15.7 Å². The average Bonchev–Trinajstić information content (AvgIpc) is 2.76. The minimum Gasteiger partial charge on any atom is -0.388 e. The predicted octanol–water partition coefficient (Wildman–Crippen LogP) is 1.87. The molecule has 1 unspecified atom stereocenters. The van der Waals surface area contributed by atoms with Gasteiger partial charge in [0.15, 0.2) is 0 Å². The van der Waals surface area contributed by atoms with Crippen LogP contribution in [0, 0.1) is 0 Å². The summed E-state index contributed by atoms with van der Waals surface area (Å²) in [7, 11) is 1.85. The zero-order valence-electron chi connectivity index (χ0n) is 12.9. The van der Waals surface area contributed by atoms with E-state index in [0.29, 0.717) is 6.54 Å². The van der Waals surface area contributed by atoms with E-state index in [1.807, 2.05) is 20.2 Å². The third-order valence-corrected chi connectivity index (χ3v) is 4.18. The third-order valence-electron chi connectivity index (χ3n) is 4.18. The van der Waals surface area contributed by atoms with Crippen molar-refractivity contribution in [3.8, 4) is 0 Å². The highest BCUT2D eigenvalue weighted by Crippen LogP contribution is 2.26. The van der Waals surface area contributed by atoms with Crippen LogP contribution < -0.4 is 10.6 Å². The molecule has 1 aromatic heterocycles. The van der Waals surface area contributed by atoms with Gasteiger partial charge >= 0.3 is 6.03 Å². The molecule has 0 saturated heterocycles. The van der Waals surface area contributed by atoms with E-state index in [9.17, 15) is 9.90 Å². The number of aromatic nitrogens is 2. The minimum atomic E-state index is -0.745. The number of urea groups is 1. The molecule has 1 saturated carbocycles. The highest BCUT2D eigenvalue weighted by atomic mass is 16.3. The molecule has 3 N–H and O–H groups in total. The van der Waals surface area contributed by atoms with Crippen LogP contribution in [0.5, 0.6) is 0 Å². The molecule has 0 aliphatic heterocycles. The van der Waals surface area contributed by atoms with Crippen LogP contribution in [0.15, 0.2) is 12.4 Å². The smallest absolute Gasteiger partial charge is 0.315 e. The van der Waals surface area contributed by atoms with Gasteiger partial charge < -0.3 is 15.7 Å². The maximum atomic E-state index is 11.9. The van der Waals surface area contributed by atoms with Crippen molar-refractivity contribution in [1.82, 2.24) is 20.4 Å². The number of hydrogen-bond acceptors (Lipinski definition) is 3. The minimum absolute atomic E-state index is 0.109. The fourth-order valence-corrected chi connectivity index (χ4v) is 2.80. The van der Waals surface area contributed by atoms with Crippen molar-refractivity contribution < 1.29 is 9.90 Å². The molecule has 2 rings (SSSR count). The van der Waals surface area contributed by atoms with E-state index < -0.39 is 5.60 Å². The van der Waals surface area contributed by atoms with Crippen LogP contribution in [0.1, 0.15) is 57.1 Å². The van der Waals surface area contributed by atoms with Crippen molar-refractivity contribution >= 4 is 6.03 Å². The Kier molecular flexibility index (Phi) is 5.22. The fourth-order valence-electron chi connectivity index (χ4n) is 2.80. The molecule has 0 bridgehead atoms. The summed E-state index contributed by atoms with van der Waals surface area (Å²) in [5.74, 6) is 0. The Morgan fingerprint density at radius 2 is 2.10 bits per heavy atom. The molecule has 6 heteroatoms. The molecule has 1 heterocycles. The van der Waals surface area contributed by atoms with Gasteiger partial charge in [-0.2, -0.15) is 5.10 Å². The fraction of sp³-hybridized carbons (Fsp3) is 0.733. The molecule has 1 aliphatic rings. The Morgan fingerprint density at radius 1 is 1.43 bits per heavy atom. The number of nitrogens with zero attached hydrogens (tertiary/aromatic N) is 2. The number of amides is 2. The number of hydrogen-bond donors (Lipinski definition) is 3. The summed E-state index contributed by atoms with van der Waals surface area (Å²) in [5, 5.41) is 20.3. The largest absolute Gasteiger partial charge is 0.388 e. The standard InChI is InChI=1S/C15H26N4O2/c1-12(13-9-17-19(2)10-13)18-14(20)16-11-15(21)7-5-3-4-6-8-15/h9-10,12,21H,3-8,11H2,1-2H3,(H2,16,18,20). The Morgan fingerprint density at radius 3 is 2.67 bits per heavy atom. The molecule has 2 amide bonds. The number of nitrogens with one attached hydrogen (secondary N) is 2. The highest BCUT2D eigenvalue weighted by Gasteiger charge is 2.28. The van der Waals surface area contributed by atoms with Gasteiger partial charge in [-0.25, -0.2) is 4.79 Å². The summed E-state index contributed by atoms with van der Waals surface area (Å²) in [6, 6.07) is -0.355. The number of carbonyl (C=O) groups excluding carboxylic acids is 1. The zero-order valence-corrected chi connectivity index (χ0v) is 12.9. The third kappa shape index (κ3) is 4.74. The second-order valence-electron chi connectivity index (χ2n) is 6.13. The summed E-state index contributed by atoms with van der Waals surface area (Å²) in [4.78, 5) is 11.9. The van der Waals surface area contributed by atoms with Crippen LogP contribution >= 0.6 is 0 Å². The Hall–Kier alpha value is -1.56. The average molecular weight is 294 g/mol. The lowest BCUT2D eigenvalue weighted by atomic mass is 9.94. The van der Waals surface area contributed by atoms with E-state index in [0.717, 1.165) is 31.2 Å². The van der Waals surface area contributed by atoms with Gasteiger partial charge in [-0.1, -0.05) is 25.7 Å². The lowest BCUT2D eigenvalue weighted by molar-refractivity contribution is 0.0276. The molecule has 1 fully saturated rings. The molecule has 1 aromatic rings. The van der Waals surface area contributed by atoms with Gasteiger partial charge in [0.25, 0.3) is 0 Å². The van der Waals surface area contributed by atoms with Gasteiger partial charge in [-0.05, 0) is 19.8 Å². The van der Waals surface area contributed by atoms with E-state index in [1.54, 1.807) is 10.9 Å². The summed E-state index contributed by atoms with van der Waals surface area (Å²) >= 11 is 0. The van der Waals surface area contributed by atoms with Gasteiger partial charge in [0, 0.05) is 25.4 Å². The van der Waals surface area contributed by atoms with E-state index in [-0.39, 0.29) is 12.1 Å². The quantitative estimate of drug-likeness (QED) is 0.742. The van der Waals surface area contributed by atoms with Crippen molar-refractivity contribution in [3.63, 3.8) is 0 Å². The number of aryl methyl sites for hydroxylation is 1. The van der Waals surface area contributed by atoms with E-state index in [1.165, 1.54) is 12.8 Å². The Labute approximate surface area is 125 Å². The Bertz CT molecular complexity index is 464. The van der Waals surface area contributed by atoms with Crippen molar-refractivity contribution in [3.05, 3.63) is 18.0 Å². The van der Waals surface area contributed by atoms with Crippen LogP contribution in [-0.4, -0.2) is 33.1 Å². The molecule has 0 spiro atoms. The summed E-state index contributed by atoms with van der Waals surface area (Å²) < 4.78 is 1.71. The van der Waals surface area contributed by atoms with Crippen LogP contribution in [0.3, 0.4) is 0 Å². The molecule has 0 aromatic carbocycles. The molecule has 118 valence electrons. The summed E-state index contributed by atoms with van der Waals surface area (Å²) in [6.45, 7) is 2.23.